The van der Waals surface area contributed by atoms with Crippen molar-refractivity contribution in [3.63, 3.8) is 0 Å². The van der Waals surface area contributed by atoms with E-state index < -0.39 is 35.4 Å². The van der Waals surface area contributed by atoms with E-state index in [1.807, 2.05) is 84.9 Å². The number of fused-ring (bicyclic) bond motifs is 2. The summed E-state index contributed by atoms with van der Waals surface area (Å²) >= 11 is 0. The van der Waals surface area contributed by atoms with E-state index in [2.05, 4.69) is 10.6 Å². The topological polar surface area (TPSA) is 93.7 Å². The lowest BCUT2D eigenvalue weighted by atomic mass is 9.66. The molecule has 2 aliphatic rings. The fourth-order valence-corrected chi connectivity index (χ4v) is 5.62. The summed E-state index contributed by atoms with van der Waals surface area (Å²) in [6.45, 7) is 1.84. The van der Waals surface area contributed by atoms with E-state index in [1.54, 1.807) is 13.0 Å². The number of methoxy groups -OCH3 is 1. The molecular formula is C30H28N2O5. The number of hydrogen-bond acceptors (Lipinski definition) is 6. The molecule has 3 aromatic carbocycles. The number of para-hydroxylation sites is 1. The van der Waals surface area contributed by atoms with Crippen LogP contribution in [-0.2, 0) is 29.3 Å². The number of amides is 1. The van der Waals surface area contributed by atoms with Crippen LogP contribution in [-0.4, -0.2) is 43.6 Å². The summed E-state index contributed by atoms with van der Waals surface area (Å²) in [5.41, 5.74) is 2.54. The highest BCUT2D eigenvalue weighted by molar-refractivity contribution is 6.11. The van der Waals surface area contributed by atoms with E-state index in [-0.39, 0.29) is 12.5 Å². The Hall–Kier alpha value is -4.23. The van der Waals surface area contributed by atoms with Crippen molar-refractivity contribution in [2.75, 3.05) is 19.0 Å². The lowest BCUT2D eigenvalue weighted by Gasteiger charge is -2.32. The Labute approximate surface area is 215 Å². The molecule has 2 aliphatic heterocycles. The molecule has 1 fully saturated rings. The number of carbonyl (C=O) groups excluding carboxylic acids is 3. The maximum atomic E-state index is 13.9. The van der Waals surface area contributed by atoms with Crippen molar-refractivity contribution in [2.45, 2.75) is 24.4 Å². The molecule has 4 atom stereocenters. The number of hydrogen-bond donors (Lipinski definition) is 2. The van der Waals surface area contributed by atoms with Gasteiger partial charge >= 0.3 is 11.9 Å². The summed E-state index contributed by atoms with van der Waals surface area (Å²) < 4.78 is 10.5. The molecule has 188 valence electrons. The third-order valence-electron chi connectivity index (χ3n) is 7.17. The third-order valence-corrected chi connectivity index (χ3v) is 7.17. The number of anilines is 1. The predicted octanol–water partition coefficient (Wildman–Crippen LogP) is 3.70. The Balaban J connectivity index is 1.77. The monoisotopic (exact) mass is 496 g/mol. The van der Waals surface area contributed by atoms with Gasteiger partial charge in [-0.1, -0.05) is 84.9 Å². The van der Waals surface area contributed by atoms with E-state index in [9.17, 15) is 14.4 Å². The van der Waals surface area contributed by atoms with Crippen LogP contribution in [0.2, 0.25) is 0 Å². The average Bonchev–Trinajstić information content (AvgIpc) is 3.43. The van der Waals surface area contributed by atoms with Crippen molar-refractivity contribution in [3.8, 4) is 0 Å². The van der Waals surface area contributed by atoms with E-state index >= 15 is 0 Å². The van der Waals surface area contributed by atoms with Gasteiger partial charge in [0, 0.05) is 11.7 Å². The molecule has 1 saturated heterocycles. The molecule has 5 rings (SSSR count). The van der Waals surface area contributed by atoms with Crippen molar-refractivity contribution in [1.29, 1.82) is 0 Å². The SMILES string of the molecule is CCOC(=O)[C@@H]1N[C@H](C=C(c2ccccc2)c2ccccc2)[C@@]2(C(=O)Nc3ccccc32)[C@@H]1C(=O)OC. The van der Waals surface area contributed by atoms with Gasteiger partial charge in [-0.05, 0) is 35.3 Å². The molecule has 2 heterocycles. The van der Waals surface area contributed by atoms with E-state index in [0.29, 0.717) is 11.3 Å². The van der Waals surface area contributed by atoms with Crippen LogP contribution in [0, 0.1) is 5.92 Å². The second kappa shape index (κ2) is 10.0. The Morgan fingerprint density at radius 3 is 2.08 bits per heavy atom. The van der Waals surface area contributed by atoms with Crippen LogP contribution in [0.5, 0.6) is 0 Å². The van der Waals surface area contributed by atoms with Gasteiger partial charge in [0.2, 0.25) is 5.91 Å². The smallest absolute Gasteiger partial charge is 0.324 e. The van der Waals surface area contributed by atoms with Crippen LogP contribution in [0.1, 0.15) is 23.6 Å². The fraction of sp³-hybridized carbons (Fsp3) is 0.233. The summed E-state index contributed by atoms with van der Waals surface area (Å²) in [7, 11) is 1.26. The molecule has 0 radical (unpaired) electrons. The fourth-order valence-electron chi connectivity index (χ4n) is 5.62. The molecule has 0 aliphatic carbocycles. The Kier molecular flexibility index (Phi) is 6.63. The van der Waals surface area contributed by atoms with Gasteiger partial charge in [0.25, 0.3) is 0 Å². The first-order valence-corrected chi connectivity index (χ1v) is 12.3. The summed E-state index contributed by atoms with van der Waals surface area (Å²) in [5.74, 6) is -2.78. The second-order valence-corrected chi connectivity index (χ2v) is 9.06. The maximum absolute atomic E-state index is 13.9. The molecule has 0 bridgehead atoms. The highest BCUT2D eigenvalue weighted by Crippen LogP contribution is 2.51. The van der Waals surface area contributed by atoms with Crippen LogP contribution in [0.3, 0.4) is 0 Å². The summed E-state index contributed by atoms with van der Waals surface area (Å²) in [5, 5.41) is 6.25. The van der Waals surface area contributed by atoms with Gasteiger partial charge in [-0.2, -0.15) is 0 Å². The number of ether oxygens (including phenoxy) is 2. The van der Waals surface area contributed by atoms with Crippen LogP contribution in [0.25, 0.3) is 5.57 Å². The van der Waals surface area contributed by atoms with Crippen LogP contribution in [0.4, 0.5) is 5.69 Å². The molecule has 1 amide bonds. The summed E-state index contributed by atoms with van der Waals surface area (Å²) in [6.07, 6.45) is 1.95. The first-order chi connectivity index (χ1) is 18.0. The van der Waals surface area contributed by atoms with Gasteiger partial charge in [-0.15, -0.1) is 0 Å². The predicted molar refractivity (Wildman–Crippen MR) is 140 cm³/mol. The minimum Gasteiger partial charge on any atom is -0.469 e. The van der Waals surface area contributed by atoms with Gasteiger partial charge in [0.1, 0.15) is 17.4 Å². The number of rotatable bonds is 6. The molecule has 0 aromatic heterocycles. The van der Waals surface area contributed by atoms with Crippen molar-refractivity contribution >= 4 is 29.1 Å². The van der Waals surface area contributed by atoms with Gasteiger partial charge in [0.05, 0.1) is 13.7 Å². The normalized spacial score (nSPS) is 23.7. The zero-order valence-electron chi connectivity index (χ0n) is 20.6. The summed E-state index contributed by atoms with van der Waals surface area (Å²) in [4.78, 5) is 40.4. The Morgan fingerprint density at radius 2 is 1.49 bits per heavy atom. The number of esters is 2. The van der Waals surface area contributed by atoms with Crippen molar-refractivity contribution in [2.24, 2.45) is 5.92 Å². The molecule has 7 heteroatoms. The quantitative estimate of drug-likeness (QED) is 0.506. The van der Waals surface area contributed by atoms with Crippen molar-refractivity contribution in [3.05, 3.63) is 108 Å². The number of benzene rings is 3. The molecule has 0 saturated carbocycles. The lowest BCUT2D eigenvalue weighted by molar-refractivity contribution is -0.157. The molecule has 7 nitrogen and oxygen atoms in total. The highest BCUT2D eigenvalue weighted by Gasteiger charge is 2.68. The van der Waals surface area contributed by atoms with E-state index in [0.717, 1.165) is 16.7 Å². The zero-order chi connectivity index (χ0) is 26.0. The Bertz CT molecular complexity index is 1310. The summed E-state index contributed by atoms with van der Waals surface area (Å²) in [6, 6.07) is 25.1. The van der Waals surface area contributed by atoms with Gasteiger partial charge in [-0.25, -0.2) is 0 Å². The second-order valence-electron chi connectivity index (χ2n) is 9.06. The first kappa shape index (κ1) is 24.5. The highest BCUT2D eigenvalue weighted by atomic mass is 16.5. The first-order valence-electron chi connectivity index (χ1n) is 12.3. The molecule has 37 heavy (non-hydrogen) atoms. The average molecular weight is 497 g/mol. The Morgan fingerprint density at radius 1 is 0.892 bits per heavy atom. The maximum Gasteiger partial charge on any atom is 0.324 e. The van der Waals surface area contributed by atoms with Crippen LogP contribution >= 0.6 is 0 Å². The van der Waals surface area contributed by atoms with Gasteiger partial charge < -0.3 is 14.8 Å². The van der Waals surface area contributed by atoms with Crippen molar-refractivity contribution in [1.82, 2.24) is 5.32 Å². The standard InChI is InChI=1S/C30H28N2O5/c1-3-37-28(34)26-25(27(33)36-2)30(22-16-10-11-17-23(22)31-29(30)35)24(32-26)18-21(19-12-6-4-7-13-19)20-14-8-5-9-15-20/h4-18,24-26,32H,3H2,1-2H3,(H,31,35)/t24-,25+,26-,30-/m1/s1. The molecule has 1 spiro atoms. The van der Waals surface area contributed by atoms with E-state index in [4.69, 9.17) is 9.47 Å². The van der Waals surface area contributed by atoms with Crippen LogP contribution in [0.15, 0.2) is 91.0 Å². The van der Waals surface area contributed by atoms with Gasteiger partial charge in [-0.3, -0.25) is 19.7 Å². The number of carbonyl (C=O) groups is 3. The molecule has 3 aromatic rings. The molecule has 2 N–H and O–H groups in total. The molecule has 0 unspecified atom stereocenters. The third kappa shape index (κ3) is 4.01. The minimum absolute atomic E-state index is 0.139. The van der Waals surface area contributed by atoms with Crippen LogP contribution < -0.4 is 10.6 Å². The largest absolute Gasteiger partial charge is 0.469 e. The lowest BCUT2D eigenvalue weighted by Crippen LogP contribution is -2.51. The minimum atomic E-state index is -1.43. The van der Waals surface area contributed by atoms with E-state index in [1.165, 1.54) is 7.11 Å². The van der Waals surface area contributed by atoms with Gasteiger partial charge in [0.15, 0.2) is 0 Å². The number of nitrogens with one attached hydrogen (secondary N) is 2. The van der Waals surface area contributed by atoms with Crippen molar-refractivity contribution < 1.29 is 23.9 Å². The molecular weight excluding hydrogens is 468 g/mol. The zero-order valence-corrected chi connectivity index (χ0v) is 20.6.